The third-order valence-electron chi connectivity index (χ3n) is 2.16. The molecule has 4 nitrogen and oxygen atoms in total. The van der Waals surface area contributed by atoms with Gasteiger partial charge in [0.15, 0.2) is 5.58 Å². The van der Waals surface area contributed by atoms with E-state index in [1.807, 2.05) is 6.92 Å². The zero-order valence-electron chi connectivity index (χ0n) is 8.79. The molecule has 16 heavy (non-hydrogen) atoms. The zero-order valence-corrected chi connectivity index (χ0v) is 9.54. The van der Waals surface area contributed by atoms with Crippen LogP contribution in [0, 0.1) is 0 Å². The topological polar surface area (TPSA) is 55.1 Å². The van der Waals surface area contributed by atoms with Crippen molar-refractivity contribution >= 4 is 28.6 Å². The van der Waals surface area contributed by atoms with Gasteiger partial charge >= 0.3 is 0 Å². The summed E-state index contributed by atoms with van der Waals surface area (Å²) in [5.41, 5.74) is 1.72. The number of aromatic nitrogens is 1. The van der Waals surface area contributed by atoms with Crippen LogP contribution in [0.4, 0.5) is 0 Å². The van der Waals surface area contributed by atoms with E-state index in [-0.39, 0.29) is 11.3 Å². The molecule has 0 saturated carbocycles. The third kappa shape index (κ3) is 2.17. The van der Waals surface area contributed by atoms with Gasteiger partial charge in [0.25, 0.3) is 11.3 Å². The van der Waals surface area contributed by atoms with Crippen molar-refractivity contribution in [2.24, 2.45) is 0 Å². The van der Waals surface area contributed by atoms with E-state index in [2.05, 4.69) is 10.3 Å². The molecule has 2 aromatic rings. The Hall–Kier alpha value is -1.55. The summed E-state index contributed by atoms with van der Waals surface area (Å²) in [6.45, 7) is 2.66. The minimum Gasteiger partial charge on any atom is -0.428 e. The van der Waals surface area contributed by atoms with E-state index in [1.165, 1.54) is 0 Å². The van der Waals surface area contributed by atoms with Crippen LogP contribution in [0.2, 0.25) is 5.35 Å². The lowest BCUT2D eigenvalue weighted by atomic mass is 10.2. The standard InChI is InChI=1S/C11H11ClN2O2/c1-2-5-13-10(15)7-3-4-8-9(6-7)16-11(12)14-8/h3-4,6H,2,5H2,1H3,(H,13,15). The number of oxazole rings is 1. The minimum absolute atomic E-state index is 0.0844. The van der Waals surface area contributed by atoms with Gasteiger partial charge in [0.2, 0.25) is 0 Å². The fourth-order valence-electron chi connectivity index (χ4n) is 1.38. The molecule has 5 heteroatoms. The van der Waals surface area contributed by atoms with Crippen LogP contribution >= 0.6 is 11.6 Å². The van der Waals surface area contributed by atoms with E-state index in [0.29, 0.717) is 23.2 Å². The van der Waals surface area contributed by atoms with Crippen LogP contribution in [0.15, 0.2) is 22.6 Å². The Kier molecular flexibility index (Phi) is 3.10. The number of nitrogens with one attached hydrogen (secondary N) is 1. The Morgan fingerprint density at radius 3 is 3.12 bits per heavy atom. The van der Waals surface area contributed by atoms with Crippen molar-refractivity contribution in [3.63, 3.8) is 0 Å². The first kappa shape index (κ1) is 11.0. The van der Waals surface area contributed by atoms with Gasteiger partial charge in [-0.3, -0.25) is 4.79 Å². The van der Waals surface area contributed by atoms with E-state index >= 15 is 0 Å². The summed E-state index contributed by atoms with van der Waals surface area (Å²) in [4.78, 5) is 15.6. The Balaban J connectivity index is 2.28. The van der Waals surface area contributed by atoms with Gasteiger partial charge in [-0.15, -0.1) is 0 Å². The van der Waals surface area contributed by atoms with Crippen LogP contribution in [0.1, 0.15) is 23.7 Å². The number of carbonyl (C=O) groups is 1. The van der Waals surface area contributed by atoms with Crippen LogP contribution < -0.4 is 5.32 Å². The van der Waals surface area contributed by atoms with Crippen LogP contribution in [0.25, 0.3) is 11.1 Å². The predicted octanol–water partition coefficient (Wildman–Crippen LogP) is 2.62. The highest BCUT2D eigenvalue weighted by Gasteiger charge is 2.09. The molecule has 0 spiro atoms. The number of halogens is 1. The molecule has 0 aliphatic carbocycles. The molecule has 2 rings (SSSR count). The van der Waals surface area contributed by atoms with E-state index in [0.717, 1.165) is 6.42 Å². The molecule has 0 aliphatic heterocycles. The fourth-order valence-corrected chi connectivity index (χ4v) is 1.55. The maximum absolute atomic E-state index is 11.6. The second kappa shape index (κ2) is 4.53. The number of carbonyl (C=O) groups excluding carboxylic acids is 1. The summed E-state index contributed by atoms with van der Waals surface area (Å²) in [6.07, 6.45) is 0.905. The molecule has 0 unspecified atom stereocenters. The van der Waals surface area contributed by atoms with Gasteiger partial charge in [0.05, 0.1) is 0 Å². The molecule has 0 fully saturated rings. The lowest BCUT2D eigenvalue weighted by Gasteiger charge is -2.02. The Bertz CT molecular complexity index is 522. The van der Waals surface area contributed by atoms with Crippen LogP contribution in [0.5, 0.6) is 0 Å². The molecule has 1 aromatic heterocycles. The third-order valence-corrected chi connectivity index (χ3v) is 2.32. The highest BCUT2D eigenvalue weighted by Crippen LogP contribution is 2.19. The molecule has 1 aromatic carbocycles. The Morgan fingerprint density at radius 1 is 1.56 bits per heavy atom. The van der Waals surface area contributed by atoms with Crippen molar-refractivity contribution in [3.05, 3.63) is 29.1 Å². The molecule has 0 atom stereocenters. The fraction of sp³-hybridized carbons (Fsp3) is 0.273. The zero-order chi connectivity index (χ0) is 11.5. The first-order valence-electron chi connectivity index (χ1n) is 5.05. The van der Waals surface area contributed by atoms with Gasteiger partial charge in [-0.25, -0.2) is 0 Å². The first-order valence-corrected chi connectivity index (χ1v) is 5.43. The normalized spacial score (nSPS) is 10.6. The van der Waals surface area contributed by atoms with Crippen LogP contribution in [-0.2, 0) is 0 Å². The molecular weight excluding hydrogens is 228 g/mol. The van der Waals surface area contributed by atoms with Gasteiger partial charge < -0.3 is 9.73 Å². The molecule has 0 bridgehead atoms. The average Bonchev–Trinajstić information content (AvgIpc) is 2.64. The number of hydrogen-bond donors (Lipinski definition) is 1. The van der Waals surface area contributed by atoms with Crippen molar-refractivity contribution in [1.29, 1.82) is 0 Å². The number of amides is 1. The molecule has 84 valence electrons. The maximum Gasteiger partial charge on any atom is 0.293 e. The molecule has 0 radical (unpaired) electrons. The SMILES string of the molecule is CCCNC(=O)c1ccc2nc(Cl)oc2c1. The molecule has 1 N–H and O–H groups in total. The lowest BCUT2D eigenvalue weighted by Crippen LogP contribution is -2.23. The quantitative estimate of drug-likeness (QED) is 0.894. The number of rotatable bonds is 3. The lowest BCUT2D eigenvalue weighted by molar-refractivity contribution is 0.0953. The Labute approximate surface area is 97.6 Å². The number of hydrogen-bond acceptors (Lipinski definition) is 3. The van der Waals surface area contributed by atoms with Gasteiger partial charge in [0, 0.05) is 12.1 Å². The minimum atomic E-state index is -0.115. The summed E-state index contributed by atoms with van der Waals surface area (Å²) in [5.74, 6) is -0.115. The van der Waals surface area contributed by atoms with E-state index in [1.54, 1.807) is 18.2 Å². The van der Waals surface area contributed by atoms with Gasteiger partial charge in [-0.1, -0.05) is 6.92 Å². The largest absolute Gasteiger partial charge is 0.428 e. The number of benzene rings is 1. The first-order chi connectivity index (χ1) is 7.70. The van der Waals surface area contributed by atoms with Gasteiger partial charge in [0.1, 0.15) is 5.52 Å². The van der Waals surface area contributed by atoms with Gasteiger partial charge in [-0.2, -0.15) is 4.98 Å². The number of nitrogens with zero attached hydrogens (tertiary/aromatic N) is 1. The van der Waals surface area contributed by atoms with Crippen molar-refractivity contribution in [1.82, 2.24) is 10.3 Å². The Morgan fingerprint density at radius 2 is 2.38 bits per heavy atom. The second-order valence-electron chi connectivity index (χ2n) is 3.41. The monoisotopic (exact) mass is 238 g/mol. The highest BCUT2D eigenvalue weighted by molar-refractivity contribution is 6.28. The highest BCUT2D eigenvalue weighted by atomic mass is 35.5. The van der Waals surface area contributed by atoms with Crippen molar-refractivity contribution in [3.8, 4) is 0 Å². The van der Waals surface area contributed by atoms with E-state index < -0.39 is 0 Å². The van der Waals surface area contributed by atoms with Crippen molar-refractivity contribution < 1.29 is 9.21 Å². The van der Waals surface area contributed by atoms with E-state index in [9.17, 15) is 4.79 Å². The van der Waals surface area contributed by atoms with E-state index in [4.69, 9.17) is 16.0 Å². The van der Waals surface area contributed by atoms with Crippen LogP contribution in [-0.4, -0.2) is 17.4 Å². The maximum atomic E-state index is 11.6. The molecule has 1 heterocycles. The second-order valence-corrected chi connectivity index (χ2v) is 3.73. The molecular formula is C11H11ClN2O2. The van der Waals surface area contributed by atoms with Gasteiger partial charge in [-0.05, 0) is 36.2 Å². The summed E-state index contributed by atoms with van der Waals surface area (Å²) in [7, 11) is 0. The summed E-state index contributed by atoms with van der Waals surface area (Å²) < 4.78 is 5.14. The smallest absolute Gasteiger partial charge is 0.293 e. The predicted molar refractivity (Wildman–Crippen MR) is 61.6 cm³/mol. The molecule has 0 aliphatic rings. The molecule has 0 saturated heterocycles. The van der Waals surface area contributed by atoms with Crippen LogP contribution in [0.3, 0.4) is 0 Å². The summed E-state index contributed by atoms with van der Waals surface area (Å²) >= 11 is 5.62. The van der Waals surface area contributed by atoms with Crippen molar-refractivity contribution in [2.75, 3.05) is 6.54 Å². The average molecular weight is 239 g/mol. The number of fused-ring (bicyclic) bond motifs is 1. The summed E-state index contributed by atoms with van der Waals surface area (Å²) in [6, 6.07) is 5.05. The summed E-state index contributed by atoms with van der Waals surface area (Å²) in [5, 5.41) is 2.87. The molecule has 1 amide bonds. The van der Waals surface area contributed by atoms with Crippen molar-refractivity contribution in [2.45, 2.75) is 13.3 Å².